The second-order valence-electron chi connectivity index (χ2n) is 6.75. The first-order valence-electron chi connectivity index (χ1n) is 9.44. The molecule has 1 aromatic rings. The van der Waals surface area contributed by atoms with Crippen LogP contribution in [0.25, 0.3) is 0 Å². The van der Waals surface area contributed by atoms with E-state index in [9.17, 15) is 9.59 Å². The Bertz CT molecular complexity index is 664. The molecular formula is C20H27N3O3. The number of carbonyl (C=O) groups excluding carboxylic acids is 2. The van der Waals surface area contributed by atoms with E-state index in [1.165, 1.54) is 12.8 Å². The number of amides is 2. The predicted octanol–water partition coefficient (Wildman–Crippen LogP) is 2.73. The van der Waals surface area contributed by atoms with Gasteiger partial charge in [0.15, 0.2) is 0 Å². The molecule has 0 unspecified atom stereocenters. The zero-order valence-electron chi connectivity index (χ0n) is 15.3. The molecule has 2 amide bonds. The maximum atomic E-state index is 12.7. The topological polar surface area (TPSA) is 70.7 Å². The van der Waals surface area contributed by atoms with E-state index in [0.29, 0.717) is 24.4 Å². The van der Waals surface area contributed by atoms with Crippen LogP contribution in [-0.4, -0.2) is 43.1 Å². The van der Waals surface area contributed by atoms with Crippen LogP contribution >= 0.6 is 0 Å². The summed E-state index contributed by atoms with van der Waals surface area (Å²) >= 11 is 0. The van der Waals surface area contributed by atoms with Crippen molar-refractivity contribution in [2.75, 3.05) is 26.2 Å². The monoisotopic (exact) mass is 357 g/mol. The molecular weight excluding hydrogens is 330 g/mol. The molecule has 2 aliphatic rings. The van der Waals surface area contributed by atoms with E-state index in [-0.39, 0.29) is 12.0 Å². The lowest BCUT2D eigenvalue weighted by molar-refractivity contribution is -0.139. The smallest absolute Gasteiger partial charge is 0.338 e. The number of nitrogens with zero attached hydrogens (tertiary/aromatic N) is 1. The van der Waals surface area contributed by atoms with Crippen molar-refractivity contribution in [2.24, 2.45) is 0 Å². The normalized spacial score (nSPS) is 21.6. The van der Waals surface area contributed by atoms with Crippen molar-refractivity contribution in [2.45, 2.75) is 38.6 Å². The SMILES string of the molecule is CCOC(=O)C1=C(CN2CCCCCC2)NC(=O)N[C@@H]1c1ccccc1. The Hall–Kier alpha value is -2.34. The highest BCUT2D eigenvalue weighted by atomic mass is 16.5. The number of esters is 1. The van der Waals surface area contributed by atoms with Crippen molar-refractivity contribution in [3.8, 4) is 0 Å². The van der Waals surface area contributed by atoms with E-state index in [2.05, 4.69) is 15.5 Å². The van der Waals surface area contributed by atoms with Crippen molar-refractivity contribution in [3.05, 3.63) is 47.2 Å². The van der Waals surface area contributed by atoms with Gasteiger partial charge < -0.3 is 15.4 Å². The van der Waals surface area contributed by atoms with E-state index in [0.717, 1.165) is 31.5 Å². The number of benzene rings is 1. The summed E-state index contributed by atoms with van der Waals surface area (Å²) in [4.78, 5) is 27.3. The molecule has 0 aromatic heterocycles. The van der Waals surface area contributed by atoms with Crippen molar-refractivity contribution in [3.63, 3.8) is 0 Å². The molecule has 2 heterocycles. The number of ether oxygens (including phenoxy) is 1. The van der Waals surface area contributed by atoms with E-state index < -0.39 is 6.04 Å². The van der Waals surface area contributed by atoms with Crippen LogP contribution in [0.5, 0.6) is 0 Å². The van der Waals surface area contributed by atoms with Crippen molar-refractivity contribution >= 4 is 12.0 Å². The molecule has 0 spiro atoms. The molecule has 6 nitrogen and oxygen atoms in total. The van der Waals surface area contributed by atoms with Gasteiger partial charge in [-0.15, -0.1) is 0 Å². The van der Waals surface area contributed by atoms with Crippen LogP contribution in [0.2, 0.25) is 0 Å². The standard InChI is InChI=1S/C20H27N3O3/c1-2-26-19(24)17-16(14-23-12-8-3-4-9-13-23)21-20(25)22-18(17)15-10-6-5-7-11-15/h5-7,10-11,18H,2-4,8-9,12-14H2,1H3,(H2,21,22,25)/t18-/m1/s1. The summed E-state index contributed by atoms with van der Waals surface area (Å²) in [6.07, 6.45) is 4.77. The van der Waals surface area contributed by atoms with Gasteiger partial charge in [-0.3, -0.25) is 4.90 Å². The summed E-state index contributed by atoms with van der Waals surface area (Å²) in [5.41, 5.74) is 2.03. The van der Waals surface area contributed by atoms with Gasteiger partial charge in [-0.25, -0.2) is 9.59 Å². The third-order valence-corrected chi connectivity index (χ3v) is 4.86. The minimum absolute atomic E-state index is 0.281. The molecule has 1 aromatic carbocycles. The van der Waals surface area contributed by atoms with Crippen molar-refractivity contribution < 1.29 is 14.3 Å². The molecule has 0 radical (unpaired) electrons. The van der Waals surface area contributed by atoms with E-state index in [4.69, 9.17) is 4.74 Å². The summed E-state index contributed by atoms with van der Waals surface area (Å²) < 4.78 is 5.31. The Morgan fingerprint density at radius 2 is 1.85 bits per heavy atom. The first kappa shape index (κ1) is 18.5. The summed E-state index contributed by atoms with van der Waals surface area (Å²) in [7, 11) is 0. The van der Waals surface area contributed by atoms with Crippen LogP contribution in [0.3, 0.4) is 0 Å². The number of carbonyl (C=O) groups is 2. The third-order valence-electron chi connectivity index (χ3n) is 4.86. The molecule has 140 valence electrons. The van der Waals surface area contributed by atoms with Gasteiger partial charge in [-0.05, 0) is 38.4 Å². The maximum absolute atomic E-state index is 12.7. The number of nitrogens with one attached hydrogen (secondary N) is 2. The van der Waals surface area contributed by atoms with E-state index in [1.807, 2.05) is 30.3 Å². The molecule has 6 heteroatoms. The van der Waals surface area contributed by atoms with Gasteiger partial charge in [0.1, 0.15) is 0 Å². The van der Waals surface area contributed by atoms with Crippen molar-refractivity contribution in [1.29, 1.82) is 0 Å². The molecule has 0 aliphatic carbocycles. The molecule has 0 bridgehead atoms. The van der Waals surface area contributed by atoms with E-state index >= 15 is 0 Å². The van der Waals surface area contributed by atoms with Crippen LogP contribution in [0.15, 0.2) is 41.6 Å². The molecule has 1 atom stereocenters. The molecule has 0 saturated carbocycles. The fraction of sp³-hybridized carbons (Fsp3) is 0.500. The lowest BCUT2D eigenvalue weighted by Gasteiger charge is -2.31. The average molecular weight is 357 g/mol. The largest absolute Gasteiger partial charge is 0.463 e. The predicted molar refractivity (Wildman–Crippen MR) is 99.4 cm³/mol. The molecule has 1 fully saturated rings. The number of hydrogen-bond acceptors (Lipinski definition) is 4. The highest BCUT2D eigenvalue weighted by Crippen LogP contribution is 2.28. The summed E-state index contributed by atoms with van der Waals surface area (Å²) in [6, 6.07) is 8.78. The van der Waals surface area contributed by atoms with Crippen LogP contribution < -0.4 is 10.6 Å². The molecule has 3 rings (SSSR count). The van der Waals surface area contributed by atoms with E-state index in [1.54, 1.807) is 6.92 Å². The van der Waals surface area contributed by atoms with Crippen LogP contribution in [0.4, 0.5) is 4.79 Å². The molecule has 2 N–H and O–H groups in total. The summed E-state index contributed by atoms with van der Waals surface area (Å²) in [6.45, 7) is 4.62. The zero-order valence-corrected chi connectivity index (χ0v) is 15.3. The lowest BCUT2D eigenvalue weighted by Crippen LogP contribution is -2.48. The zero-order chi connectivity index (χ0) is 18.4. The second kappa shape index (κ2) is 8.85. The minimum Gasteiger partial charge on any atom is -0.463 e. The Kier molecular flexibility index (Phi) is 6.28. The van der Waals surface area contributed by atoms with Crippen LogP contribution in [0, 0.1) is 0 Å². The highest BCUT2D eigenvalue weighted by molar-refractivity contribution is 5.95. The molecule has 1 saturated heterocycles. The third kappa shape index (κ3) is 4.43. The van der Waals surface area contributed by atoms with Gasteiger partial charge in [0.05, 0.1) is 18.2 Å². The number of hydrogen-bond donors (Lipinski definition) is 2. The quantitative estimate of drug-likeness (QED) is 0.795. The number of urea groups is 1. The fourth-order valence-electron chi connectivity index (χ4n) is 3.61. The van der Waals surface area contributed by atoms with Gasteiger partial charge >= 0.3 is 12.0 Å². The van der Waals surface area contributed by atoms with Crippen LogP contribution in [-0.2, 0) is 9.53 Å². The Balaban J connectivity index is 1.95. The van der Waals surface area contributed by atoms with Gasteiger partial charge in [0.2, 0.25) is 0 Å². The highest BCUT2D eigenvalue weighted by Gasteiger charge is 2.34. The molecule has 2 aliphatic heterocycles. The first-order chi connectivity index (χ1) is 12.7. The maximum Gasteiger partial charge on any atom is 0.338 e. The first-order valence-corrected chi connectivity index (χ1v) is 9.44. The Morgan fingerprint density at radius 1 is 1.15 bits per heavy atom. The number of rotatable bonds is 5. The van der Waals surface area contributed by atoms with Gasteiger partial charge in [0, 0.05) is 12.2 Å². The minimum atomic E-state index is -0.494. The lowest BCUT2D eigenvalue weighted by atomic mass is 9.95. The summed E-state index contributed by atoms with van der Waals surface area (Å²) in [5.74, 6) is -0.376. The van der Waals surface area contributed by atoms with Crippen LogP contribution in [0.1, 0.15) is 44.2 Å². The fourth-order valence-corrected chi connectivity index (χ4v) is 3.61. The van der Waals surface area contributed by atoms with Gasteiger partial charge in [0.25, 0.3) is 0 Å². The average Bonchev–Trinajstić information content (AvgIpc) is 2.91. The van der Waals surface area contributed by atoms with Gasteiger partial charge in [-0.1, -0.05) is 43.2 Å². The molecule has 26 heavy (non-hydrogen) atoms. The van der Waals surface area contributed by atoms with Crippen molar-refractivity contribution in [1.82, 2.24) is 15.5 Å². The number of likely N-dealkylation sites (tertiary alicyclic amines) is 1. The summed E-state index contributed by atoms with van der Waals surface area (Å²) in [5, 5.41) is 5.73. The second-order valence-corrected chi connectivity index (χ2v) is 6.75. The Labute approximate surface area is 154 Å². The Morgan fingerprint density at radius 3 is 2.50 bits per heavy atom. The van der Waals surface area contributed by atoms with Gasteiger partial charge in [-0.2, -0.15) is 0 Å².